The monoisotopic (exact) mass is 860 g/mol. The van der Waals surface area contributed by atoms with Crippen LogP contribution in [0.1, 0.15) is 155 Å². The molecule has 340 valence electrons. The number of hydrogen-bond acceptors (Lipinski definition) is 8. The molecule has 11 nitrogen and oxygen atoms in total. The van der Waals surface area contributed by atoms with Gasteiger partial charge in [-0.2, -0.15) is 0 Å². The van der Waals surface area contributed by atoms with Crippen molar-refractivity contribution >= 4 is 25.7 Å². The van der Waals surface area contributed by atoms with Crippen molar-refractivity contribution in [2.45, 2.75) is 167 Å². The van der Waals surface area contributed by atoms with E-state index in [4.69, 9.17) is 13.8 Å². The predicted octanol–water partition coefficient (Wildman–Crippen LogP) is 11.7. The zero-order valence-corrected chi connectivity index (χ0v) is 37.6. The Hall–Kier alpha value is -3.60. The number of ether oxygens (including phenoxy) is 1. The second kappa shape index (κ2) is 42.1. The van der Waals surface area contributed by atoms with Crippen LogP contribution in [0.5, 0.6) is 0 Å². The number of phosphoric acid groups is 1. The highest BCUT2D eigenvalue weighted by Gasteiger charge is 2.28. The molecule has 0 aliphatic carbocycles. The van der Waals surface area contributed by atoms with Crippen LogP contribution < -0.4 is 5.32 Å². The Kier molecular flexibility index (Phi) is 39.6. The van der Waals surface area contributed by atoms with Gasteiger partial charge in [-0.3, -0.25) is 18.6 Å². The van der Waals surface area contributed by atoms with Gasteiger partial charge in [-0.15, -0.1) is 0 Å². The second-order valence-electron chi connectivity index (χ2n) is 14.5. The Morgan fingerprint density at radius 2 is 0.983 bits per heavy atom. The van der Waals surface area contributed by atoms with Crippen LogP contribution in [0.4, 0.5) is 0 Å². The minimum atomic E-state index is -4.78. The number of esters is 1. The molecule has 0 heterocycles. The summed E-state index contributed by atoms with van der Waals surface area (Å²) in [5, 5.41) is 21.8. The van der Waals surface area contributed by atoms with Crippen molar-refractivity contribution in [1.82, 2.24) is 5.32 Å². The maximum absolute atomic E-state index is 12.3. The number of aliphatic carboxylic acids is 1. The van der Waals surface area contributed by atoms with Crippen molar-refractivity contribution in [3.63, 3.8) is 0 Å². The predicted molar refractivity (Wildman–Crippen MR) is 244 cm³/mol. The number of hydrogen-bond donors (Lipinski definition) is 4. The molecule has 0 aromatic heterocycles. The van der Waals surface area contributed by atoms with Crippen LogP contribution >= 0.6 is 7.82 Å². The highest BCUT2D eigenvalue weighted by molar-refractivity contribution is 7.47. The first kappa shape index (κ1) is 56.4. The Balaban J connectivity index is 4.02. The minimum Gasteiger partial charge on any atom is -0.480 e. The molecular weight excluding hydrogens is 781 g/mol. The molecular formula is C48H78NO10P. The molecule has 0 saturated carbocycles. The summed E-state index contributed by atoms with van der Waals surface area (Å²) in [6.45, 7) is 2.37. The lowest BCUT2D eigenvalue weighted by molar-refractivity contribution is -0.147. The zero-order valence-electron chi connectivity index (χ0n) is 36.7. The topological polar surface area (TPSA) is 169 Å². The van der Waals surface area contributed by atoms with E-state index in [-0.39, 0.29) is 12.8 Å². The van der Waals surface area contributed by atoms with E-state index >= 15 is 0 Å². The van der Waals surface area contributed by atoms with Crippen LogP contribution in [0.15, 0.2) is 97.2 Å². The molecule has 0 radical (unpaired) electrons. The molecule has 1 amide bonds. The molecule has 0 aromatic carbocycles. The Bertz CT molecular complexity index is 1380. The van der Waals surface area contributed by atoms with Gasteiger partial charge in [0.1, 0.15) is 12.7 Å². The van der Waals surface area contributed by atoms with Gasteiger partial charge in [-0.05, 0) is 89.9 Å². The molecule has 0 rings (SSSR count). The number of phosphoric ester groups is 1. The van der Waals surface area contributed by atoms with Crippen LogP contribution in [0.3, 0.4) is 0 Å². The molecule has 0 fully saturated rings. The van der Waals surface area contributed by atoms with Gasteiger partial charge in [0.05, 0.1) is 13.2 Å². The summed E-state index contributed by atoms with van der Waals surface area (Å²) in [4.78, 5) is 45.9. The van der Waals surface area contributed by atoms with Gasteiger partial charge in [0.25, 0.3) is 0 Å². The minimum absolute atomic E-state index is 0.121. The van der Waals surface area contributed by atoms with Gasteiger partial charge in [0.2, 0.25) is 5.91 Å². The molecule has 3 atom stereocenters. The summed E-state index contributed by atoms with van der Waals surface area (Å²) in [5.74, 6) is -2.47. The summed E-state index contributed by atoms with van der Waals surface area (Å²) in [6.07, 6.45) is 52.9. The number of unbranched alkanes of at least 4 members (excludes halogenated alkanes) is 10. The van der Waals surface area contributed by atoms with Gasteiger partial charge >= 0.3 is 19.8 Å². The van der Waals surface area contributed by atoms with Gasteiger partial charge in [0, 0.05) is 12.8 Å². The largest absolute Gasteiger partial charge is 0.480 e. The summed E-state index contributed by atoms with van der Waals surface area (Å²) < 4.78 is 26.8. The maximum Gasteiger partial charge on any atom is 0.472 e. The van der Waals surface area contributed by atoms with Crippen molar-refractivity contribution in [2.24, 2.45) is 0 Å². The average Bonchev–Trinajstić information content (AvgIpc) is 3.22. The fraction of sp³-hybridized carbons (Fsp3) is 0.604. The van der Waals surface area contributed by atoms with Crippen LogP contribution in [0, 0.1) is 0 Å². The molecule has 0 aromatic rings. The molecule has 0 aliphatic rings. The van der Waals surface area contributed by atoms with Crippen LogP contribution in [-0.2, 0) is 32.7 Å². The Morgan fingerprint density at radius 1 is 0.550 bits per heavy atom. The number of nitrogens with one attached hydrogen (secondary N) is 1. The SMILES string of the molecule is CC/C=C\C/C=C\C/C=C\C/C=C\C/C=C\CCCC(=O)OCC(O)COP(=O)(O)OCC(NC(=O)CCCCCCCC/C=C\C/C=C\C/C=C\CCCCC)C(=O)O. The van der Waals surface area contributed by atoms with E-state index in [1.165, 1.54) is 25.7 Å². The first-order valence-electron chi connectivity index (χ1n) is 22.3. The van der Waals surface area contributed by atoms with Crippen molar-refractivity contribution < 1.29 is 47.8 Å². The summed E-state index contributed by atoms with van der Waals surface area (Å²) in [6, 6.07) is -1.57. The van der Waals surface area contributed by atoms with Crippen molar-refractivity contribution in [1.29, 1.82) is 0 Å². The van der Waals surface area contributed by atoms with Gasteiger partial charge < -0.3 is 25.2 Å². The molecule has 12 heteroatoms. The first-order valence-corrected chi connectivity index (χ1v) is 23.8. The van der Waals surface area contributed by atoms with Gasteiger partial charge in [0.15, 0.2) is 6.04 Å². The quantitative estimate of drug-likeness (QED) is 0.0201. The number of rotatable bonds is 40. The van der Waals surface area contributed by atoms with Crippen LogP contribution in [0.25, 0.3) is 0 Å². The van der Waals surface area contributed by atoms with E-state index in [1.807, 2.05) is 12.2 Å². The summed E-state index contributed by atoms with van der Waals surface area (Å²) in [5.41, 5.74) is 0. The number of carboxylic acid groups (broad SMARTS) is 1. The molecule has 60 heavy (non-hydrogen) atoms. The number of amides is 1. The number of carbonyl (C=O) groups excluding carboxylic acids is 2. The number of allylic oxidation sites excluding steroid dienone is 16. The van der Waals surface area contributed by atoms with Gasteiger partial charge in [-0.1, -0.05) is 150 Å². The first-order chi connectivity index (χ1) is 29.1. The lowest BCUT2D eigenvalue weighted by atomic mass is 10.1. The van der Waals surface area contributed by atoms with Crippen molar-refractivity contribution in [3.8, 4) is 0 Å². The zero-order chi connectivity index (χ0) is 44.2. The number of aliphatic hydroxyl groups is 1. The smallest absolute Gasteiger partial charge is 0.472 e. The van der Waals surface area contributed by atoms with Crippen LogP contribution in [-0.4, -0.2) is 64.9 Å². The third-order valence-corrected chi connectivity index (χ3v) is 9.81. The van der Waals surface area contributed by atoms with Crippen molar-refractivity contribution in [2.75, 3.05) is 19.8 Å². The molecule has 4 N–H and O–H groups in total. The molecule has 3 unspecified atom stereocenters. The highest BCUT2D eigenvalue weighted by atomic mass is 31.2. The van der Waals surface area contributed by atoms with E-state index < -0.39 is 57.6 Å². The molecule has 0 spiro atoms. The fourth-order valence-corrected chi connectivity index (χ4v) is 6.19. The molecule has 0 aliphatic heterocycles. The van der Waals surface area contributed by atoms with Crippen molar-refractivity contribution in [3.05, 3.63) is 97.2 Å². The number of aliphatic hydroxyl groups excluding tert-OH is 1. The average molecular weight is 860 g/mol. The number of carboxylic acids is 1. The Morgan fingerprint density at radius 3 is 1.48 bits per heavy atom. The van der Waals surface area contributed by atoms with E-state index in [0.717, 1.165) is 83.5 Å². The van der Waals surface area contributed by atoms with E-state index in [0.29, 0.717) is 19.3 Å². The van der Waals surface area contributed by atoms with E-state index in [9.17, 15) is 34.1 Å². The standard InChI is InChI=1S/C48H78NO10P/c1-3-5-7-9-11-13-15-17-19-21-22-24-25-27-29-31-33-35-37-39-46(51)49-45(48(53)54)43-59-60(55,56)58-42-44(50)41-57-47(52)40-38-36-34-32-30-28-26-23-20-18-16-14-12-10-8-6-4-2/h6,8,11-14,17-20,22,24,26,28,32,34,44-45,50H,3-5,7,9-10,15-16,21,23,25,27,29-31,33,35-43H2,1-2H3,(H,49,51)(H,53,54)(H,55,56)/b8-6-,13-11-,14-12-,19-17-,20-18-,24-22-,28-26-,34-32-. The summed E-state index contributed by atoms with van der Waals surface area (Å²) in [7, 11) is -4.78. The third kappa shape index (κ3) is 41.1. The normalized spacial score (nSPS) is 14.6. The maximum atomic E-state index is 12.3. The number of carbonyl (C=O) groups is 3. The fourth-order valence-electron chi connectivity index (χ4n) is 5.41. The third-order valence-electron chi connectivity index (χ3n) is 8.86. The van der Waals surface area contributed by atoms with Crippen LogP contribution in [0.2, 0.25) is 0 Å². The van der Waals surface area contributed by atoms with E-state index in [1.54, 1.807) is 0 Å². The Labute approximate surface area is 362 Å². The highest BCUT2D eigenvalue weighted by Crippen LogP contribution is 2.43. The summed E-state index contributed by atoms with van der Waals surface area (Å²) >= 11 is 0. The lowest BCUT2D eigenvalue weighted by Gasteiger charge is -2.18. The second-order valence-corrected chi connectivity index (χ2v) is 16.0. The molecule has 0 bridgehead atoms. The molecule has 0 saturated heterocycles. The van der Waals surface area contributed by atoms with E-state index in [2.05, 4.69) is 104 Å². The lowest BCUT2D eigenvalue weighted by Crippen LogP contribution is -2.43. The van der Waals surface area contributed by atoms with Gasteiger partial charge in [-0.25, -0.2) is 9.36 Å².